The average molecular weight is 537 g/mol. The fraction of sp³-hybridized carbons (Fsp3) is 1.00. The van der Waals surface area contributed by atoms with Crippen LogP contribution < -0.4 is 59.1 Å². The molecule has 0 aliphatic rings. The predicted octanol–water partition coefficient (Wildman–Crippen LogP) is -3.80. The third-order valence-corrected chi connectivity index (χ3v) is 13.3. The SMILES string of the molecule is O=S([O-])CCCCS[Se]CC[Se]SCCCCS(=O)O.[Na+].[Na+]. The smallest absolute Gasteiger partial charge is 1.00 e. The fourth-order valence-electron chi connectivity index (χ4n) is 1.07. The minimum atomic E-state index is -1.87. The molecule has 0 aliphatic carbocycles. The van der Waals surface area contributed by atoms with Crippen molar-refractivity contribution in [1.82, 2.24) is 0 Å². The van der Waals surface area contributed by atoms with E-state index in [1.54, 1.807) is 0 Å². The van der Waals surface area contributed by atoms with Crippen LogP contribution >= 0.6 is 20.4 Å². The zero-order chi connectivity index (χ0) is 15.1. The standard InChI is InChI=1S/C10H22O4S4Se2.2Na/c11-17(12)7-3-1-5-15-19-9-10-20-16-6-2-4-8-18(13)14;;/h1-10H2,(H,11,12)(H,13,14);;/q;2*+1/p-1. The van der Waals surface area contributed by atoms with E-state index < -0.39 is 22.2 Å². The van der Waals surface area contributed by atoms with Crippen molar-refractivity contribution >= 4 is 70.2 Å². The van der Waals surface area contributed by atoms with E-state index in [-0.39, 0.29) is 59.1 Å². The summed E-state index contributed by atoms with van der Waals surface area (Å²) >= 11 is -2.19. The minimum Gasteiger partial charge on any atom is 1.00 e. The summed E-state index contributed by atoms with van der Waals surface area (Å²) in [4.78, 5) is 0. The van der Waals surface area contributed by atoms with Gasteiger partial charge in [0.05, 0.1) is 0 Å². The van der Waals surface area contributed by atoms with Crippen LogP contribution in [0.3, 0.4) is 0 Å². The van der Waals surface area contributed by atoms with Gasteiger partial charge >= 0.3 is 206 Å². The second-order valence-corrected chi connectivity index (χ2v) is 15.2. The molecule has 22 heavy (non-hydrogen) atoms. The number of rotatable bonds is 15. The van der Waals surface area contributed by atoms with Gasteiger partial charge in [-0.3, -0.25) is 0 Å². The Kier molecular flexibility index (Phi) is 34.8. The van der Waals surface area contributed by atoms with Crippen molar-refractivity contribution in [2.45, 2.75) is 36.3 Å². The summed E-state index contributed by atoms with van der Waals surface area (Å²) in [6.45, 7) is 0. The molecule has 4 nitrogen and oxygen atoms in total. The van der Waals surface area contributed by atoms with Crippen molar-refractivity contribution in [3.8, 4) is 0 Å². The van der Waals surface area contributed by atoms with E-state index in [1.165, 1.54) is 10.6 Å². The maximum absolute atomic E-state index is 10.4. The Balaban J connectivity index is -0.00000180. The molecule has 0 spiro atoms. The first-order valence-electron chi connectivity index (χ1n) is 6.25. The molecule has 12 heteroatoms. The number of unbranched alkanes of at least 4 members (excludes halogenated alkanes) is 2. The van der Waals surface area contributed by atoms with Gasteiger partial charge in [0.25, 0.3) is 0 Å². The van der Waals surface area contributed by atoms with E-state index in [2.05, 4.69) is 0 Å². The fourth-order valence-corrected chi connectivity index (χ4v) is 13.0. The molecule has 0 heterocycles. The van der Waals surface area contributed by atoms with Crippen LogP contribution in [0.2, 0.25) is 10.6 Å². The van der Waals surface area contributed by atoms with E-state index in [1.807, 2.05) is 20.4 Å². The molecule has 1 N–H and O–H groups in total. The van der Waals surface area contributed by atoms with Crippen LogP contribution in [0.5, 0.6) is 0 Å². The molecule has 0 aliphatic heterocycles. The Morgan fingerprint density at radius 3 is 1.73 bits per heavy atom. The summed E-state index contributed by atoms with van der Waals surface area (Å²) in [5.74, 6) is 2.92. The second-order valence-electron chi connectivity index (χ2n) is 3.74. The van der Waals surface area contributed by atoms with Crippen molar-refractivity contribution in [3.63, 3.8) is 0 Å². The molecule has 2 atom stereocenters. The molecule has 0 amide bonds. The van der Waals surface area contributed by atoms with Crippen molar-refractivity contribution in [2.75, 3.05) is 23.0 Å². The molecule has 122 valence electrons. The molecular weight excluding hydrogens is 516 g/mol. The quantitative estimate of drug-likeness (QED) is 0.131. The Morgan fingerprint density at radius 1 is 0.864 bits per heavy atom. The third-order valence-electron chi connectivity index (χ3n) is 2.00. The summed E-state index contributed by atoms with van der Waals surface area (Å²) in [5, 5.41) is 2.61. The van der Waals surface area contributed by atoms with Crippen LogP contribution in [0.4, 0.5) is 0 Å². The maximum atomic E-state index is 10.4. The second kappa shape index (κ2) is 25.0. The predicted molar refractivity (Wildman–Crippen MR) is 93.9 cm³/mol. The molecule has 0 saturated heterocycles. The van der Waals surface area contributed by atoms with E-state index in [9.17, 15) is 13.0 Å². The summed E-state index contributed by atoms with van der Waals surface area (Å²) in [6, 6.07) is 0. The average Bonchev–Trinajstić information content (AvgIpc) is 2.38. The van der Waals surface area contributed by atoms with Gasteiger partial charge in [-0.15, -0.1) is 0 Å². The Bertz CT molecular complexity index is 255. The zero-order valence-electron chi connectivity index (χ0n) is 13.2. The van der Waals surface area contributed by atoms with Crippen molar-refractivity contribution in [2.24, 2.45) is 0 Å². The van der Waals surface area contributed by atoms with Crippen LogP contribution in [0.15, 0.2) is 0 Å². The largest absolute Gasteiger partial charge is 1.00 e. The summed E-state index contributed by atoms with van der Waals surface area (Å²) in [5.41, 5.74) is 0. The van der Waals surface area contributed by atoms with Gasteiger partial charge in [-0.2, -0.15) is 0 Å². The van der Waals surface area contributed by atoms with Crippen LogP contribution in [0.25, 0.3) is 0 Å². The van der Waals surface area contributed by atoms with E-state index in [0.29, 0.717) is 39.2 Å². The molecule has 0 aromatic rings. The van der Waals surface area contributed by atoms with Gasteiger partial charge in [0.15, 0.2) is 0 Å². The first-order valence-corrected chi connectivity index (χ1v) is 17.2. The van der Waals surface area contributed by atoms with Crippen LogP contribution in [0, 0.1) is 0 Å². The zero-order valence-corrected chi connectivity index (χ0v) is 23.9. The summed E-state index contributed by atoms with van der Waals surface area (Å²) < 4.78 is 39.6. The molecule has 0 bridgehead atoms. The molecule has 0 rings (SSSR count). The van der Waals surface area contributed by atoms with Crippen LogP contribution in [0.1, 0.15) is 25.7 Å². The van der Waals surface area contributed by atoms with E-state index in [4.69, 9.17) is 4.55 Å². The Labute approximate surface area is 203 Å². The molecule has 0 radical (unpaired) electrons. The summed E-state index contributed by atoms with van der Waals surface area (Å²) in [6.07, 6.45) is 3.68. The van der Waals surface area contributed by atoms with E-state index >= 15 is 0 Å². The van der Waals surface area contributed by atoms with Gasteiger partial charge in [0.2, 0.25) is 0 Å². The number of hydrogen-bond acceptors (Lipinski definition) is 5. The van der Waals surface area contributed by atoms with Gasteiger partial charge in [0, 0.05) is 0 Å². The normalized spacial score (nSPS) is 13.0. The monoisotopic (exact) mass is 539 g/mol. The van der Waals surface area contributed by atoms with E-state index in [0.717, 1.165) is 37.2 Å². The van der Waals surface area contributed by atoms with Crippen LogP contribution in [-0.2, 0) is 22.2 Å². The molecule has 0 saturated carbocycles. The Hall–Kier alpha value is 3.96. The van der Waals surface area contributed by atoms with Crippen LogP contribution in [-0.4, -0.2) is 68.2 Å². The Morgan fingerprint density at radius 2 is 1.32 bits per heavy atom. The molecular formula is C10H21Na2O4S4Se2+. The molecule has 0 aromatic carbocycles. The number of hydrogen-bond donors (Lipinski definition) is 1. The van der Waals surface area contributed by atoms with Gasteiger partial charge in [-0.25, -0.2) is 0 Å². The van der Waals surface area contributed by atoms with Crippen molar-refractivity contribution < 1.29 is 76.6 Å². The minimum absolute atomic E-state index is 0. The first-order chi connectivity index (χ1) is 9.63. The molecule has 0 fully saturated rings. The molecule has 2 unspecified atom stereocenters. The third kappa shape index (κ3) is 28.7. The van der Waals surface area contributed by atoms with Crippen molar-refractivity contribution in [1.29, 1.82) is 0 Å². The van der Waals surface area contributed by atoms with Gasteiger partial charge in [0.1, 0.15) is 0 Å². The first kappa shape index (κ1) is 30.7. The molecule has 0 aromatic heterocycles. The van der Waals surface area contributed by atoms with Crippen molar-refractivity contribution in [3.05, 3.63) is 0 Å². The topological polar surface area (TPSA) is 77.4 Å². The van der Waals surface area contributed by atoms with Gasteiger partial charge in [-0.05, 0) is 0 Å². The summed E-state index contributed by atoms with van der Waals surface area (Å²) in [7, 11) is 3.97. The van der Waals surface area contributed by atoms with Gasteiger partial charge < -0.3 is 0 Å². The van der Waals surface area contributed by atoms with Gasteiger partial charge in [-0.1, -0.05) is 0 Å². The maximum Gasteiger partial charge on any atom is 1.00 e.